The predicted molar refractivity (Wildman–Crippen MR) is 120 cm³/mol. The molecule has 0 unspecified atom stereocenters. The molecule has 1 fully saturated rings. The molecule has 0 radical (unpaired) electrons. The monoisotopic (exact) mass is 444 g/mol. The summed E-state index contributed by atoms with van der Waals surface area (Å²) in [6.45, 7) is 2.43. The molecule has 8 nitrogen and oxygen atoms in total. The molecule has 0 N–H and O–H groups in total. The van der Waals surface area contributed by atoms with Gasteiger partial charge in [0.1, 0.15) is 18.2 Å². The lowest BCUT2D eigenvalue weighted by Gasteiger charge is -2.13. The fourth-order valence-corrected chi connectivity index (χ4v) is 3.97. The fourth-order valence-electron chi connectivity index (χ4n) is 3.97. The molecule has 1 saturated carbocycles. The van der Waals surface area contributed by atoms with Gasteiger partial charge in [0.15, 0.2) is 11.6 Å². The third kappa shape index (κ3) is 4.16. The van der Waals surface area contributed by atoms with Crippen molar-refractivity contribution in [1.29, 1.82) is 0 Å². The van der Waals surface area contributed by atoms with Crippen LogP contribution in [0.3, 0.4) is 0 Å². The highest BCUT2D eigenvalue weighted by molar-refractivity contribution is 6.22. The van der Waals surface area contributed by atoms with E-state index in [9.17, 15) is 14.4 Å². The van der Waals surface area contributed by atoms with Crippen LogP contribution in [-0.2, 0) is 11.3 Å². The number of benzene rings is 2. The molecule has 168 valence electrons. The molecule has 2 aliphatic rings. The van der Waals surface area contributed by atoms with Gasteiger partial charge in [-0.3, -0.25) is 19.3 Å². The predicted octanol–water partition coefficient (Wildman–Crippen LogP) is 3.48. The highest BCUT2D eigenvalue weighted by Crippen LogP contribution is 2.39. The van der Waals surface area contributed by atoms with Gasteiger partial charge in [0.25, 0.3) is 11.8 Å². The highest BCUT2D eigenvalue weighted by atomic mass is 16.5. The van der Waals surface area contributed by atoms with Crippen molar-refractivity contribution in [1.82, 2.24) is 19.7 Å². The molecular weight excluding hydrogens is 420 g/mol. The number of Topliss-reactive ketones (excluding diaryl/α,β-unsaturated/α-hetero) is 1. The first-order chi connectivity index (χ1) is 16.0. The molecule has 1 aliphatic heterocycles. The molecule has 1 aromatic heterocycles. The summed E-state index contributed by atoms with van der Waals surface area (Å²) in [6.07, 6.45) is 3.34. The van der Waals surface area contributed by atoms with Gasteiger partial charge in [-0.25, -0.2) is 9.67 Å². The molecule has 3 aromatic rings. The smallest absolute Gasteiger partial charge is 0.261 e. The topological polar surface area (TPSA) is 94.4 Å². The second-order valence-electron chi connectivity index (χ2n) is 8.38. The summed E-state index contributed by atoms with van der Waals surface area (Å²) in [6, 6.07) is 13.8. The van der Waals surface area contributed by atoms with Crippen LogP contribution in [0.5, 0.6) is 5.75 Å². The zero-order valence-electron chi connectivity index (χ0n) is 18.4. The first-order valence-electron chi connectivity index (χ1n) is 11.2. The fraction of sp³-hybridized carbons (Fsp3) is 0.320. The van der Waals surface area contributed by atoms with Crippen molar-refractivity contribution in [2.24, 2.45) is 0 Å². The number of aryl methyl sites for hydroxylation is 1. The Morgan fingerprint density at radius 3 is 2.30 bits per heavy atom. The summed E-state index contributed by atoms with van der Waals surface area (Å²) in [5.41, 5.74) is 1.54. The Morgan fingerprint density at radius 2 is 1.70 bits per heavy atom. The first-order valence-corrected chi connectivity index (χ1v) is 11.2. The van der Waals surface area contributed by atoms with E-state index in [4.69, 9.17) is 9.72 Å². The number of imide groups is 1. The lowest BCUT2D eigenvalue weighted by molar-refractivity contribution is -0.121. The summed E-state index contributed by atoms with van der Waals surface area (Å²) >= 11 is 0. The average molecular weight is 444 g/mol. The maximum Gasteiger partial charge on any atom is 0.261 e. The van der Waals surface area contributed by atoms with E-state index in [0.29, 0.717) is 28.6 Å². The average Bonchev–Trinajstić information content (AvgIpc) is 3.56. The number of rotatable bonds is 9. The van der Waals surface area contributed by atoms with Crippen molar-refractivity contribution in [3.63, 3.8) is 0 Å². The number of amides is 2. The first kappa shape index (κ1) is 21.1. The van der Waals surface area contributed by atoms with Crippen molar-refractivity contribution in [2.75, 3.05) is 13.2 Å². The second kappa shape index (κ2) is 8.61. The summed E-state index contributed by atoms with van der Waals surface area (Å²) in [5.74, 6) is 1.54. The highest BCUT2D eigenvalue weighted by Gasteiger charge is 2.36. The van der Waals surface area contributed by atoms with E-state index in [1.807, 2.05) is 16.8 Å². The molecular formula is C25H24N4O4. The zero-order valence-corrected chi connectivity index (χ0v) is 18.4. The molecule has 0 spiro atoms. The number of fused-ring (bicyclic) bond motifs is 1. The maximum atomic E-state index is 12.4. The second-order valence-corrected chi connectivity index (χ2v) is 8.38. The Balaban J connectivity index is 1.19. The van der Waals surface area contributed by atoms with Crippen LogP contribution in [0.25, 0.3) is 11.4 Å². The van der Waals surface area contributed by atoms with E-state index in [0.717, 1.165) is 29.3 Å². The zero-order chi connectivity index (χ0) is 22.9. The quantitative estimate of drug-likeness (QED) is 0.469. The van der Waals surface area contributed by atoms with Crippen LogP contribution in [0.1, 0.15) is 58.6 Å². The van der Waals surface area contributed by atoms with Crippen molar-refractivity contribution in [3.8, 4) is 17.1 Å². The molecule has 5 rings (SSSR count). The molecule has 1 aliphatic carbocycles. The molecule has 8 heteroatoms. The van der Waals surface area contributed by atoms with E-state index in [-0.39, 0.29) is 18.9 Å². The number of ether oxygens (including phenoxy) is 1. The van der Waals surface area contributed by atoms with Crippen molar-refractivity contribution < 1.29 is 19.1 Å². The molecule has 0 bridgehead atoms. The molecule has 2 amide bonds. The number of carbonyl (C=O) groups is 3. The Bertz CT molecular complexity index is 1190. The third-order valence-electron chi connectivity index (χ3n) is 5.80. The summed E-state index contributed by atoms with van der Waals surface area (Å²) in [4.78, 5) is 42.9. The van der Waals surface area contributed by atoms with Gasteiger partial charge < -0.3 is 4.74 Å². The van der Waals surface area contributed by atoms with Crippen LogP contribution in [-0.4, -0.2) is 50.4 Å². The lowest BCUT2D eigenvalue weighted by atomic mass is 10.1. The molecule has 33 heavy (non-hydrogen) atoms. The summed E-state index contributed by atoms with van der Waals surface area (Å²) in [7, 11) is 0. The summed E-state index contributed by atoms with van der Waals surface area (Å²) in [5, 5.41) is 4.67. The Morgan fingerprint density at radius 1 is 1.03 bits per heavy atom. The van der Waals surface area contributed by atoms with Crippen LogP contribution < -0.4 is 4.74 Å². The molecule has 0 saturated heterocycles. The lowest BCUT2D eigenvalue weighted by Crippen LogP contribution is -2.36. The van der Waals surface area contributed by atoms with Gasteiger partial charge in [0.05, 0.1) is 17.7 Å². The third-order valence-corrected chi connectivity index (χ3v) is 5.80. The largest absolute Gasteiger partial charge is 0.486 e. The van der Waals surface area contributed by atoms with E-state index < -0.39 is 11.8 Å². The van der Waals surface area contributed by atoms with Gasteiger partial charge in [0, 0.05) is 18.0 Å². The van der Waals surface area contributed by atoms with E-state index in [2.05, 4.69) is 12.0 Å². The van der Waals surface area contributed by atoms with E-state index in [1.165, 1.54) is 12.8 Å². The normalized spacial score (nSPS) is 15.1. The number of nitrogens with zero attached hydrogens (tertiary/aromatic N) is 4. The van der Waals surface area contributed by atoms with Crippen molar-refractivity contribution in [2.45, 2.75) is 38.6 Å². The van der Waals surface area contributed by atoms with Gasteiger partial charge in [-0.1, -0.05) is 19.1 Å². The van der Waals surface area contributed by atoms with Crippen LogP contribution >= 0.6 is 0 Å². The Kier molecular flexibility index (Phi) is 5.50. The van der Waals surface area contributed by atoms with Crippen LogP contribution in [0.15, 0.2) is 48.5 Å². The van der Waals surface area contributed by atoms with Gasteiger partial charge in [-0.2, -0.15) is 5.10 Å². The van der Waals surface area contributed by atoms with Crippen molar-refractivity contribution in [3.05, 3.63) is 65.5 Å². The van der Waals surface area contributed by atoms with E-state index >= 15 is 0 Å². The van der Waals surface area contributed by atoms with Crippen LogP contribution in [0.4, 0.5) is 0 Å². The Hall–Kier alpha value is -3.81. The number of aromatic nitrogens is 3. The summed E-state index contributed by atoms with van der Waals surface area (Å²) < 4.78 is 7.60. The minimum atomic E-state index is -0.450. The van der Waals surface area contributed by atoms with Gasteiger partial charge in [-0.05, 0) is 55.7 Å². The number of carbonyl (C=O) groups excluding carboxylic acids is 3. The number of hydrogen-bond acceptors (Lipinski definition) is 6. The van der Waals surface area contributed by atoms with Gasteiger partial charge >= 0.3 is 0 Å². The molecule has 2 heterocycles. The SMILES string of the molecule is CCCn1nc(-c2ccc(OCC(=O)CN3C(=O)c4ccccc4C3=O)cc2)nc1C1CC1. The Labute approximate surface area is 191 Å². The number of hydrogen-bond donors (Lipinski definition) is 0. The maximum absolute atomic E-state index is 12.4. The van der Waals surface area contributed by atoms with Gasteiger partial charge in [-0.15, -0.1) is 0 Å². The minimum Gasteiger partial charge on any atom is -0.486 e. The van der Waals surface area contributed by atoms with Crippen LogP contribution in [0.2, 0.25) is 0 Å². The van der Waals surface area contributed by atoms with Crippen LogP contribution in [0, 0.1) is 0 Å². The van der Waals surface area contributed by atoms with Crippen molar-refractivity contribution >= 4 is 17.6 Å². The number of ketones is 1. The van der Waals surface area contributed by atoms with E-state index in [1.54, 1.807) is 36.4 Å². The minimum absolute atomic E-state index is 0.234. The molecule has 2 aromatic carbocycles. The standard InChI is InChI=1S/C25H24N4O4/c1-2-13-29-23(17-7-8-17)26-22(27-29)16-9-11-19(12-10-16)33-15-18(30)14-28-24(31)20-5-3-4-6-21(20)25(28)32/h3-6,9-12,17H,2,7-8,13-15H2,1H3. The molecule has 0 atom stereocenters. The van der Waals surface area contributed by atoms with Gasteiger partial charge in [0.2, 0.25) is 0 Å².